The molecule has 106 valence electrons. The van der Waals surface area contributed by atoms with Crippen molar-refractivity contribution in [3.05, 3.63) is 46.2 Å². The van der Waals surface area contributed by atoms with E-state index in [1.807, 2.05) is 13.1 Å². The Morgan fingerprint density at radius 1 is 1.40 bits per heavy atom. The van der Waals surface area contributed by atoms with Gasteiger partial charge in [0.25, 0.3) is 0 Å². The van der Waals surface area contributed by atoms with Crippen LogP contribution in [0.3, 0.4) is 0 Å². The highest BCUT2D eigenvalue weighted by Gasteiger charge is 2.08. The molecule has 0 fully saturated rings. The number of aromatic nitrogens is 2. The van der Waals surface area contributed by atoms with Crippen LogP contribution in [-0.2, 0) is 20.1 Å². The Hall–Kier alpha value is -1.81. The highest BCUT2D eigenvalue weighted by molar-refractivity contribution is 6.32. The van der Waals surface area contributed by atoms with Crippen LogP contribution in [0.2, 0.25) is 5.02 Å². The van der Waals surface area contributed by atoms with E-state index in [0.717, 1.165) is 17.8 Å². The smallest absolute Gasteiger partial charge is 0.159 e. The fraction of sp³-hybridized carbons (Fsp3) is 0.333. The zero-order chi connectivity index (χ0) is 14.7. The second kappa shape index (κ2) is 6.09. The first-order valence-corrected chi connectivity index (χ1v) is 6.84. The zero-order valence-electron chi connectivity index (χ0n) is 11.8. The van der Waals surface area contributed by atoms with Crippen molar-refractivity contribution >= 4 is 17.4 Å². The second-order valence-electron chi connectivity index (χ2n) is 4.59. The summed E-state index contributed by atoms with van der Waals surface area (Å²) in [5.41, 5.74) is 2.59. The third kappa shape index (κ3) is 3.20. The molecule has 0 bridgehead atoms. The Bertz CT molecular complexity index is 635. The molecule has 0 spiro atoms. The molecule has 0 atom stereocenters. The van der Waals surface area contributed by atoms with E-state index >= 15 is 0 Å². The first kappa shape index (κ1) is 14.6. The lowest BCUT2D eigenvalue weighted by Crippen LogP contribution is -2.03. The molecule has 1 aromatic heterocycles. The van der Waals surface area contributed by atoms with Crippen molar-refractivity contribution in [3.8, 4) is 5.75 Å². The first-order chi connectivity index (χ1) is 9.51. The molecule has 20 heavy (non-hydrogen) atoms. The van der Waals surface area contributed by atoms with Crippen LogP contribution in [0.4, 0.5) is 0 Å². The SMILES string of the molecule is CCc1cc(COc2ccc(C(C)=O)cc2Cl)n(C)n1. The summed E-state index contributed by atoms with van der Waals surface area (Å²) in [6.07, 6.45) is 0.891. The average Bonchev–Trinajstić information content (AvgIpc) is 2.78. The average molecular weight is 293 g/mol. The van der Waals surface area contributed by atoms with Gasteiger partial charge in [0, 0.05) is 12.6 Å². The summed E-state index contributed by atoms with van der Waals surface area (Å²) in [4.78, 5) is 11.3. The van der Waals surface area contributed by atoms with E-state index in [2.05, 4.69) is 12.0 Å². The van der Waals surface area contributed by atoms with Gasteiger partial charge in [-0.1, -0.05) is 18.5 Å². The monoisotopic (exact) mass is 292 g/mol. The van der Waals surface area contributed by atoms with Gasteiger partial charge >= 0.3 is 0 Å². The van der Waals surface area contributed by atoms with E-state index < -0.39 is 0 Å². The van der Waals surface area contributed by atoms with Gasteiger partial charge in [-0.15, -0.1) is 0 Å². The Morgan fingerprint density at radius 2 is 2.15 bits per heavy atom. The molecule has 4 nitrogen and oxygen atoms in total. The quantitative estimate of drug-likeness (QED) is 0.793. The number of hydrogen-bond acceptors (Lipinski definition) is 3. The summed E-state index contributed by atoms with van der Waals surface area (Å²) in [6.45, 7) is 3.96. The molecule has 0 N–H and O–H groups in total. The summed E-state index contributed by atoms with van der Waals surface area (Å²) in [5.74, 6) is 0.550. The highest BCUT2D eigenvalue weighted by Crippen LogP contribution is 2.26. The predicted molar refractivity (Wildman–Crippen MR) is 78.4 cm³/mol. The van der Waals surface area contributed by atoms with Crippen molar-refractivity contribution < 1.29 is 9.53 Å². The molecular weight excluding hydrogens is 276 g/mol. The molecule has 0 aliphatic heterocycles. The maximum absolute atomic E-state index is 11.3. The van der Waals surface area contributed by atoms with Crippen molar-refractivity contribution in [2.45, 2.75) is 26.9 Å². The van der Waals surface area contributed by atoms with E-state index in [1.54, 1.807) is 22.9 Å². The number of Topliss-reactive ketones (excluding diaryl/α,β-unsaturated/α-hetero) is 1. The molecule has 2 aromatic rings. The van der Waals surface area contributed by atoms with Gasteiger partial charge in [0.2, 0.25) is 0 Å². The molecule has 0 unspecified atom stereocenters. The molecular formula is C15H17ClN2O2. The van der Waals surface area contributed by atoms with Crippen LogP contribution in [0.15, 0.2) is 24.3 Å². The van der Waals surface area contributed by atoms with Crippen molar-refractivity contribution in [2.24, 2.45) is 7.05 Å². The number of hydrogen-bond donors (Lipinski definition) is 0. The molecule has 1 aromatic carbocycles. The van der Waals surface area contributed by atoms with E-state index in [0.29, 0.717) is 22.9 Å². The molecule has 0 saturated carbocycles. The van der Waals surface area contributed by atoms with Crippen LogP contribution in [0, 0.1) is 0 Å². The maximum Gasteiger partial charge on any atom is 0.159 e. The van der Waals surface area contributed by atoms with Gasteiger partial charge in [-0.2, -0.15) is 5.10 Å². The lowest BCUT2D eigenvalue weighted by Gasteiger charge is -2.08. The normalized spacial score (nSPS) is 10.6. The van der Waals surface area contributed by atoms with Gasteiger partial charge in [0.15, 0.2) is 5.78 Å². The molecule has 5 heteroatoms. The van der Waals surface area contributed by atoms with E-state index in [-0.39, 0.29) is 5.78 Å². The number of carbonyl (C=O) groups is 1. The third-order valence-electron chi connectivity index (χ3n) is 3.10. The van der Waals surface area contributed by atoms with Crippen molar-refractivity contribution in [1.82, 2.24) is 9.78 Å². The standard InChI is InChI=1S/C15H17ClN2O2/c1-4-12-8-13(18(3)17-12)9-20-15-6-5-11(10(2)19)7-14(15)16/h5-8H,4,9H2,1-3H3. The van der Waals surface area contributed by atoms with Crippen LogP contribution in [0.1, 0.15) is 35.6 Å². The second-order valence-corrected chi connectivity index (χ2v) is 5.00. The minimum Gasteiger partial charge on any atom is -0.486 e. The number of aryl methyl sites for hydroxylation is 2. The topological polar surface area (TPSA) is 44.1 Å². The molecule has 2 rings (SSSR count). The molecule has 0 saturated heterocycles. The fourth-order valence-corrected chi connectivity index (χ4v) is 2.10. The summed E-state index contributed by atoms with van der Waals surface area (Å²) in [6, 6.07) is 7.07. The summed E-state index contributed by atoms with van der Waals surface area (Å²) < 4.78 is 7.49. The number of carbonyl (C=O) groups excluding carboxylic acids is 1. The third-order valence-corrected chi connectivity index (χ3v) is 3.40. The van der Waals surface area contributed by atoms with Gasteiger partial charge in [-0.3, -0.25) is 9.48 Å². The van der Waals surface area contributed by atoms with Crippen molar-refractivity contribution in [3.63, 3.8) is 0 Å². The van der Waals surface area contributed by atoms with E-state index in [4.69, 9.17) is 16.3 Å². The molecule has 0 aliphatic rings. The molecule has 1 heterocycles. The highest BCUT2D eigenvalue weighted by atomic mass is 35.5. The number of nitrogens with zero attached hydrogens (tertiary/aromatic N) is 2. The maximum atomic E-state index is 11.3. The summed E-state index contributed by atoms with van der Waals surface area (Å²) >= 11 is 6.11. The number of benzene rings is 1. The van der Waals surface area contributed by atoms with Crippen LogP contribution in [0.25, 0.3) is 0 Å². The largest absolute Gasteiger partial charge is 0.486 e. The van der Waals surface area contributed by atoms with Crippen LogP contribution in [-0.4, -0.2) is 15.6 Å². The Kier molecular flexibility index (Phi) is 4.45. The number of ether oxygens (including phenoxy) is 1. The van der Waals surface area contributed by atoms with Gasteiger partial charge in [-0.25, -0.2) is 0 Å². The molecule has 0 aliphatic carbocycles. The fourth-order valence-electron chi connectivity index (χ4n) is 1.87. The van der Waals surface area contributed by atoms with Gasteiger partial charge in [0.05, 0.1) is 16.4 Å². The summed E-state index contributed by atoms with van der Waals surface area (Å²) in [7, 11) is 1.89. The number of rotatable bonds is 5. The van der Waals surface area contributed by atoms with Crippen LogP contribution < -0.4 is 4.74 Å². The minimum atomic E-state index is -0.0160. The van der Waals surface area contributed by atoms with Crippen LogP contribution in [0.5, 0.6) is 5.75 Å². The Morgan fingerprint density at radius 3 is 2.70 bits per heavy atom. The van der Waals surface area contributed by atoms with Gasteiger partial charge in [-0.05, 0) is 37.6 Å². The van der Waals surface area contributed by atoms with Gasteiger partial charge in [0.1, 0.15) is 12.4 Å². The summed E-state index contributed by atoms with van der Waals surface area (Å²) in [5, 5.41) is 4.80. The van der Waals surface area contributed by atoms with Gasteiger partial charge < -0.3 is 4.74 Å². The predicted octanol–water partition coefficient (Wildman–Crippen LogP) is 3.42. The minimum absolute atomic E-state index is 0.0160. The van der Waals surface area contributed by atoms with Crippen molar-refractivity contribution in [1.29, 1.82) is 0 Å². The molecule has 0 amide bonds. The zero-order valence-corrected chi connectivity index (χ0v) is 12.6. The number of halogens is 1. The van der Waals surface area contributed by atoms with E-state index in [9.17, 15) is 4.79 Å². The Balaban J connectivity index is 2.10. The van der Waals surface area contributed by atoms with E-state index in [1.165, 1.54) is 6.92 Å². The molecule has 0 radical (unpaired) electrons. The van der Waals surface area contributed by atoms with Crippen molar-refractivity contribution in [2.75, 3.05) is 0 Å². The lowest BCUT2D eigenvalue weighted by molar-refractivity contribution is 0.101. The lowest BCUT2D eigenvalue weighted by atomic mass is 10.1. The number of ketones is 1. The Labute approximate surface area is 123 Å². The first-order valence-electron chi connectivity index (χ1n) is 6.46. The van der Waals surface area contributed by atoms with Crippen LogP contribution >= 0.6 is 11.6 Å².